The Morgan fingerprint density at radius 2 is 1.92 bits per heavy atom. The number of fused-ring (bicyclic) bond motifs is 1. The van der Waals surface area contributed by atoms with E-state index in [0.29, 0.717) is 22.2 Å². The van der Waals surface area contributed by atoms with E-state index < -0.39 is 10.9 Å². The van der Waals surface area contributed by atoms with Gasteiger partial charge in [-0.2, -0.15) is 5.23 Å². The Morgan fingerprint density at radius 1 is 1.12 bits per heavy atom. The van der Waals surface area contributed by atoms with E-state index in [9.17, 15) is 10.0 Å². The molecule has 0 radical (unpaired) electrons. The van der Waals surface area contributed by atoms with Crippen molar-refractivity contribution in [3.05, 3.63) is 75.6 Å². The van der Waals surface area contributed by atoms with Crippen LogP contribution in [0.5, 0.6) is 0 Å². The Balaban J connectivity index is 1.82. The van der Waals surface area contributed by atoms with Gasteiger partial charge in [-0.3, -0.25) is 0 Å². The predicted octanol–water partition coefficient (Wildman–Crippen LogP) is 2.99. The van der Waals surface area contributed by atoms with Gasteiger partial charge in [0.05, 0.1) is 11.3 Å². The summed E-state index contributed by atoms with van der Waals surface area (Å²) < 4.78 is 5.31. The average Bonchev–Trinajstić information content (AvgIpc) is 3.11. The van der Waals surface area contributed by atoms with Crippen LogP contribution >= 0.6 is 11.3 Å². The van der Waals surface area contributed by atoms with E-state index in [4.69, 9.17) is 9.62 Å². The van der Waals surface area contributed by atoms with Gasteiger partial charge in [0.1, 0.15) is 10.6 Å². The normalized spacial score (nSPS) is 12.4. The number of nitrogens with zero attached hydrogens (tertiary/aromatic N) is 1. The van der Waals surface area contributed by atoms with E-state index in [2.05, 4.69) is 4.98 Å². The summed E-state index contributed by atoms with van der Waals surface area (Å²) in [6.07, 6.45) is 0. The van der Waals surface area contributed by atoms with Crippen LogP contribution in [0.4, 0.5) is 5.69 Å². The summed E-state index contributed by atoms with van der Waals surface area (Å²) in [5.74, 6) is 0. The lowest BCUT2D eigenvalue weighted by Crippen LogP contribution is -2.99. The molecule has 25 heavy (non-hydrogen) atoms. The molecule has 1 atom stereocenters. The molecule has 0 bridgehead atoms. The fourth-order valence-electron chi connectivity index (χ4n) is 2.55. The molecule has 7 heteroatoms. The second kappa shape index (κ2) is 6.23. The first-order valence-electron chi connectivity index (χ1n) is 7.44. The smallest absolute Gasteiger partial charge is 0.345 e. The Hall–Kier alpha value is -2.84. The fourth-order valence-corrected chi connectivity index (χ4v) is 3.37. The highest BCUT2D eigenvalue weighted by Crippen LogP contribution is 2.29. The molecule has 0 aliphatic heterocycles. The summed E-state index contributed by atoms with van der Waals surface area (Å²) in [6.45, 7) is 0. The van der Waals surface area contributed by atoms with Gasteiger partial charge in [0.15, 0.2) is 5.69 Å². The van der Waals surface area contributed by atoms with Crippen molar-refractivity contribution in [2.24, 2.45) is 0 Å². The van der Waals surface area contributed by atoms with Crippen molar-refractivity contribution < 1.29 is 14.9 Å². The highest BCUT2D eigenvalue weighted by Gasteiger charge is 2.13. The van der Waals surface area contributed by atoms with Gasteiger partial charge < -0.3 is 9.62 Å². The van der Waals surface area contributed by atoms with Crippen molar-refractivity contribution in [1.29, 1.82) is 0 Å². The zero-order chi connectivity index (χ0) is 17.4. The number of thiazole rings is 1. The van der Waals surface area contributed by atoms with Gasteiger partial charge in [-0.1, -0.05) is 30.3 Å². The highest BCUT2D eigenvalue weighted by molar-refractivity contribution is 7.13. The average molecular weight is 352 g/mol. The molecule has 1 unspecified atom stereocenters. The molecule has 0 aliphatic rings. The van der Waals surface area contributed by atoms with Crippen LogP contribution in [0, 0.1) is 5.21 Å². The number of quaternary nitrogens is 1. The molecule has 2 aromatic carbocycles. The molecule has 6 nitrogen and oxygen atoms in total. The zero-order valence-corrected chi connectivity index (χ0v) is 13.6. The summed E-state index contributed by atoms with van der Waals surface area (Å²) in [6, 6.07) is 15.7. The number of hydrogen-bond donors (Lipinski definition) is 2. The molecule has 0 aliphatic carbocycles. The molecule has 0 saturated carbocycles. The molecule has 0 spiro atoms. The standard InChI is InChI=1S/C18H12N2O4S/c21-18-14(9-12-8-13(20(22)23)6-7-16(12)24-18)15-10-25-17(19-15)11-4-2-1-3-5-11/h1-10,20,22H. The van der Waals surface area contributed by atoms with Crippen molar-refractivity contribution in [3.8, 4) is 21.8 Å². The molecule has 0 fully saturated rings. The molecule has 2 heterocycles. The zero-order valence-electron chi connectivity index (χ0n) is 12.8. The van der Waals surface area contributed by atoms with Crippen molar-refractivity contribution in [3.63, 3.8) is 0 Å². The first-order valence-corrected chi connectivity index (χ1v) is 8.32. The lowest BCUT2D eigenvalue weighted by molar-refractivity contribution is -0.991. The third-order valence-corrected chi connectivity index (χ3v) is 4.67. The number of hydrogen-bond acceptors (Lipinski definition) is 6. The monoisotopic (exact) mass is 352 g/mol. The third-order valence-electron chi connectivity index (χ3n) is 3.78. The molecule has 2 N–H and O–H groups in total. The minimum absolute atomic E-state index is 0.135. The Morgan fingerprint density at radius 3 is 2.68 bits per heavy atom. The van der Waals surface area contributed by atoms with Gasteiger partial charge in [-0.05, 0) is 12.1 Å². The molecule has 0 saturated heterocycles. The number of benzene rings is 2. The first kappa shape index (κ1) is 15.7. The van der Waals surface area contributed by atoms with E-state index in [1.165, 1.54) is 29.5 Å². The van der Waals surface area contributed by atoms with Crippen LogP contribution in [-0.4, -0.2) is 10.2 Å². The lowest BCUT2D eigenvalue weighted by Gasteiger charge is -2.11. The fraction of sp³-hybridized carbons (Fsp3) is 0. The van der Waals surface area contributed by atoms with Crippen molar-refractivity contribution in [2.45, 2.75) is 0 Å². The Kier molecular flexibility index (Phi) is 3.90. The maximum absolute atomic E-state index is 12.3. The van der Waals surface area contributed by atoms with Crippen LogP contribution in [0.2, 0.25) is 0 Å². The predicted molar refractivity (Wildman–Crippen MR) is 94.8 cm³/mol. The Labute approximate surface area is 145 Å². The summed E-state index contributed by atoms with van der Waals surface area (Å²) in [5, 5.41) is 22.3. The van der Waals surface area contributed by atoms with Gasteiger partial charge >= 0.3 is 5.63 Å². The quantitative estimate of drug-likeness (QED) is 0.437. The van der Waals surface area contributed by atoms with Gasteiger partial charge in [0.2, 0.25) is 0 Å². The summed E-state index contributed by atoms with van der Waals surface area (Å²) in [4.78, 5) is 16.8. The second-order valence-corrected chi connectivity index (χ2v) is 6.27. The van der Waals surface area contributed by atoms with E-state index >= 15 is 0 Å². The van der Waals surface area contributed by atoms with Crippen LogP contribution in [0.15, 0.2) is 69.2 Å². The van der Waals surface area contributed by atoms with Crippen LogP contribution in [-0.2, 0) is 0 Å². The largest absolute Gasteiger partial charge is 0.595 e. The molecule has 4 aromatic rings. The maximum atomic E-state index is 12.3. The minimum Gasteiger partial charge on any atom is -0.595 e. The maximum Gasteiger partial charge on any atom is 0.345 e. The van der Waals surface area contributed by atoms with Crippen LogP contribution in [0.3, 0.4) is 0 Å². The van der Waals surface area contributed by atoms with Crippen LogP contribution < -0.4 is 10.9 Å². The second-order valence-electron chi connectivity index (χ2n) is 5.41. The van der Waals surface area contributed by atoms with E-state index in [1.807, 2.05) is 30.3 Å². The number of rotatable bonds is 3. The number of aromatic nitrogens is 1. The highest BCUT2D eigenvalue weighted by atomic mass is 32.1. The summed E-state index contributed by atoms with van der Waals surface area (Å²) in [5.41, 5.74) is 1.78. The minimum atomic E-state index is -1.03. The Bertz CT molecular complexity index is 1100. The molecule has 4 rings (SSSR count). The molecule has 124 valence electrons. The van der Waals surface area contributed by atoms with Gasteiger partial charge in [-0.15, -0.1) is 11.3 Å². The van der Waals surface area contributed by atoms with Gasteiger partial charge in [0, 0.05) is 28.5 Å². The molecular weight excluding hydrogens is 340 g/mol. The van der Waals surface area contributed by atoms with E-state index in [0.717, 1.165) is 10.6 Å². The molecule has 0 amide bonds. The summed E-state index contributed by atoms with van der Waals surface area (Å²) in [7, 11) is 0. The number of nitrogens with one attached hydrogen (secondary N) is 1. The summed E-state index contributed by atoms with van der Waals surface area (Å²) >= 11 is 1.43. The van der Waals surface area contributed by atoms with Crippen LogP contribution in [0.1, 0.15) is 0 Å². The van der Waals surface area contributed by atoms with Crippen molar-refractivity contribution in [1.82, 2.24) is 4.98 Å². The van der Waals surface area contributed by atoms with Crippen molar-refractivity contribution >= 4 is 28.0 Å². The third kappa shape index (κ3) is 2.97. The lowest BCUT2D eigenvalue weighted by atomic mass is 10.1. The van der Waals surface area contributed by atoms with Crippen molar-refractivity contribution in [2.75, 3.05) is 0 Å². The van der Waals surface area contributed by atoms with Gasteiger partial charge in [0.25, 0.3) is 0 Å². The SMILES string of the molecule is O=c1oc2ccc([NH+]([O-])O)cc2cc1-c1csc(-c2ccccc2)n1. The molecular formula is C18H12N2O4S. The van der Waals surface area contributed by atoms with Crippen LogP contribution in [0.25, 0.3) is 32.8 Å². The molecule has 2 aromatic heterocycles. The van der Waals surface area contributed by atoms with Gasteiger partial charge in [-0.25, -0.2) is 15.0 Å². The first-order chi connectivity index (χ1) is 12.1. The van der Waals surface area contributed by atoms with E-state index in [1.54, 1.807) is 11.4 Å². The topological polar surface area (TPSA) is 90.8 Å². The van der Waals surface area contributed by atoms with E-state index in [-0.39, 0.29) is 5.69 Å².